The van der Waals surface area contributed by atoms with Crippen LogP contribution in [0.5, 0.6) is 5.88 Å². The summed E-state index contributed by atoms with van der Waals surface area (Å²) in [5, 5.41) is 3.34. The lowest BCUT2D eigenvalue weighted by molar-refractivity contribution is 0.397. The summed E-state index contributed by atoms with van der Waals surface area (Å²) in [6, 6.07) is 6.20. The van der Waals surface area contributed by atoms with Gasteiger partial charge < -0.3 is 10.1 Å². The van der Waals surface area contributed by atoms with Crippen LogP contribution in [-0.4, -0.2) is 24.1 Å². The summed E-state index contributed by atoms with van der Waals surface area (Å²) in [7, 11) is 3.59. The molecule has 1 unspecified atom stereocenters. The second-order valence-corrected chi connectivity index (χ2v) is 4.49. The van der Waals surface area contributed by atoms with Crippen LogP contribution in [0.4, 0.5) is 0 Å². The Morgan fingerprint density at radius 1 is 1.26 bits per heavy atom. The Kier molecular flexibility index (Phi) is 4.47. The summed E-state index contributed by atoms with van der Waals surface area (Å²) in [4.78, 5) is 8.44. The van der Waals surface area contributed by atoms with Gasteiger partial charge in [-0.15, -0.1) is 0 Å². The summed E-state index contributed by atoms with van der Waals surface area (Å²) < 4.78 is 5.07. The number of aromatic nitrogens is 2. The SMILES string of the molecule is CNC(Cc1ccc(OC)nc1)c1cnccc1C. The van der Waals surface area contributed by atoms with Crippen molar-refractivity contribution in [3.63, 3.8) is 0 Å². The van der Waals surface area contributed by atoms with Crippen molar-refractivity contribution >= 4 is 0 Å². The topological polar surface area (TPSA) is 47.0 Å². The van der Waals surface area contributed by atoms with Crippen molar-refractivity contribution < 1.29 is 4.74 Å². The lowest BCUT2D eigenvalue weighted by Gasteiger charge is -2.18. The Morgan fingerprint density at radius 2 is 2.11 bits per heavy atom. The minimum absolute atomic E-state index is 0.240. The Labute approximate surface area is 113 Å². The van der Waals surface area contributed by atoms with Gasteiger partial charge in [-0.05, 0) is 43.1 Å². The van der Waals surface area contributed by atoms with Gasteiger partial charge in [-0.1, -0.05) is 6.07 Å². The van der Waals surface area contributed by atoms with E-state index in [2.05, 4.69) is 22.2 Å². The molecular weight excluding hydrogens is 238 g/mol. The van der Waals surface area contributed by atoms with Gasteiger partial charge in [0, 0.05) is 30.7 Å². The van der Waals surface area contributed by atoms with Gasteiger partial charge in [0.2, 0.25) is 5.88 Å². The molecule has 0 radical (unpaired) electrons. The van der Waals surface area contributed by atoms with E-state index < -0.39 is 0 Å². The third-order valence-electron chi connectivity index (χ3n) is 3.25. The van der Waals surface area contributed by atoms with E-state index in [0.717, 1.165) is 6.42 Å². The van der Waals surface area contributed by atoms with Gasteiger partial charge in [0.15, 0.2) is 0 Å². The zero-order valence-electron chi connectivity index (χ0n) is 11.6. The number of nitrogens with one attached hydrogen (secondary N) is 1. The fourth-order valence-electron chi connectivity index (χ4n) is 2.10. The minimum atomic E-state index is 0.240. The van der Waals surface area contributed by atoms with Crippen LogP contribution in [0.2, 0.25) is 0 Å². The molecule has 0 amide bonds. The van der Waals surface area contributed by atoms with E-state index in [1.54, 1.807) is 7.11 Å². The largest absolute Gasteiger partial charge is 0.481 e. The third-order valence-corrected chi connectivity index (χ3v) is 3.25. The van der Waals surface area contributed by atoms with E-state index in [9.17, 15) is 0 Å². The standard InChI is InChI=1S/C15H19N3O/c1-11-6-7-17-10-13(11)14(16-2)8-12-4-5-15(19-3)18-9-12/h4-7,9-10,14,16H,8H2,1-3H3. The molecule has 0 saturated heterocycles. The Balaban J connectivity index is 2.17. The first-order valence-electron chi connectivity index (χ1n) is 6.31. The van der Waals surface area contributed by atoms with Crippen molar-refractivity contribution in [2.45, 2.75) is 19.4 Å². The average molecular weight is 257 g/mol. The molecule has 1 atom stereocenters. The van der Waals surface area contributed by atoms with Crippen molar-refractivity contribution in [3.05, 3.63) is 53.5 Å². The van der Waals surface area contributed by atoms with Crippen LogP contribution in [0.15, 0.2) is 36.8 Å². The highest BCUT2D eigenvalue weighted by atomic mass is 16.5. The summed E-state index contributed by atoms with van der Waals surface area (Å²) in [6.45, 7) is 2.10. The highest BCUT2D eigenvalue weighted by molar-refractivity contribution is 5.28. The first kappa shape index (κ1) is 13.5. The molecule has 0 aliphatic rings. The van der Waals surface area contributed by atoms with Gasteiger partial charge in [-0.3, -0.25) is 4.98 Å². The van der Waals surface area contributed by atoms with E-state index in [1.165, 1.54) is 16.7 Å². The average Bonchev–Trinajstić information content (AvgIpc) is 2.46. The number of aryl methyl sites for hydroxylation is 1. The highest BCUT2D eigenvalue weighted by Crippen LogP contribution is 2.20. The first-order chi connectivity index (χ1) is 9.24. The number of methoxy groups -OCH3 is 1. The molecule has 1 N–H and O–H groups in total. The van der Waals surface area contributed by atoms with Crippen LogP contribution in [-0.2, 0) is 6.42 Å². The normalized spacial score (nSPS) is 12.2. The molecule has 4 nitrogen and oxygen atoms in total. The zero-order chi connectivity index (χ0) is 13.7. The summed E-state index contributed by atoms with van der Waals surface area (Å²) >= 11 is 0. The fraction of sp³-hybridized carbons (Fsp3) is 0.333. The van der Waals surface area contributed by atoms with E-state index in [0.29, 0.717) is 5.88 Å². The molecule has 2 aromatic heterocycles. The van der Waals surface area contributed by atoms with Crippen molar-refractivity contribution in [1.82, 2.24) is 15.3 Å². The second-order valence-electron chi connectivity index (χ2n) is 4.49. The molecular formula is C15H19N3O. The summed E-state index contributed by atoms with van der Waals surface area (Å²) in [5.41, 5.74) is 3.64. The minimum Gasteiger partial charge on any atom is -0.481 e. The maximum absolute atomic E-state index is 5.07. The van der Waals surface area contributed by atoms with Crippen molar-refractivity contribution in [2.75, 3.05) is 14.2 Å². The molecule has 2 heterocycles. The number of pyridine rings is 2. The molecule has 0 aliphatic carbocycles. The van der Waals surface area contributed by atoms with E-state index in [4.69, 9.17) is 4.74 Å². The number of ether oxygens (including phenoxy) is 1. The number of likely N-dealkylation sites (N-methyl/N-ethyl adjacent to an activating group) is 1. The van der Waals surface area contributed by atoms with Gasteiger partial charge in [0.1, 0.15) is 0 Å². The Bertz CT molecular complexity index is 525. The van der Waals surface area contributed by atoms with E-state index in [-0.39, 0.29) is 6.04 Å². The fourth-order valence-corrected chi connectivity index (χ4v) is 2.10. The lowest BCUT2D eigenvalue weighted by Crippen LogP contribution is -2.20. The molecule has 0 aliphatic heterocycles. The van der Waals surface area contributed by atoms with Gasteiger partial charge in [-0.25, -0.2) is 4.98 Å². The Hall–Kier alpha value is -1.94. The zero-order valence-corrected chi connectivity index (χ0v) is 11.6. The smallest absolute Gasteiger partial charge is 0.212 e. The quantitative estimate of drug-likeness (QED) is 0.892. The first-order valence-corrected chi connectivity index (χ1v) is 6.31. The molecule has 0 bridgehead atoms. The number of hydrogen-bond donors (Lipinski definition) is 1. The van der Waals surface area contributed by atoms with Crippen LogP contribution in [0.25, 0.3) is 0 Å². The van der Waals surface area contributed by atoms with E-state index >= 15 is 0 Å². The maximum Gasteiger partial charge on any atom is 0.212 e. The third kappa shape index (κ3) is 3.29. The molecule has 0 aromatic carbocycles. The van der Waals surface area contributed by atoms with Gasteiger partial charge >= 0.3 is 0 Å². The predicted molar refractivity (Wildman–Crippen MR) is 75.3 cm³/mol. The lowest BCUT2D eigenvalue weighted by atomic mass is 9.98. The predicted octanol–water partition coefficient (Wildman–Crippen LogP) is 2.30. The van der Waals surface area contributed by atoms with Gasteiger partial charge in [0.25, 0.3) is 0 Å². The van der Waals surface area contributed by atoms with Crippen molar-refractivity contribution in [1.29, 1.82) is 0 Å². The van der Waals surface area contributed by atoms with Crippen molar-refractivity contribution in [2.24, 2.45) is 0 Å². The molecule has 4 heteroatoms. The molecule has 19 heavy (non-hydrogen) atoms. The van der Waals surface area contributed by atoms with Crippen LogP contribution >= 0.6 is 0 Å². The molecule has 0 spiro atoms. The summed E-state index contributed by atoms with van der Waals surface area (Å²) in [5.74, 6) is 0.641. The van der Waals surface area contributed by atoms with Gasteiger partial charge in [-0.2, -0.15) is 0 Å². The molecule has 2 rings (SSSR count). The monoisotopic (exact) mass is 257 g/mol. The van der Waals surface area contributed by atoms with Crippen LogP contribution in [0, 0.1) is 6.92 Å². The number of rotatable bonds is 5. The van der Waals surface area contributed by atoms with Crippen LogP contribution in [0.1, 0.15) is 22.7 Å². The van der Waals surface area contributed by atoms with Gasteiger partial charge in [0.05, 0.1) is 7.11 Å². The highest BCUT2D eigenvalue weighted by Gasteiger charge is 2.12. The molecule has 100 valence electrons. The van der Waals surface area contributed by atoms with Crippen LogP contribution in [0.3, 0.4) is 0 Å². The molecule has 0 fully saturated rings. The summed E-state index contributed by atoms with van der Waals surface area (Å²) in [6.07, 6.45) is 6.48. The Morgan fingerprint density at radius 3 is 2.68 bits per heavy atom. The maximum atomic E-state index is 5.07. The van der Waals surface area contributed by atoms with E-state index in [1.807, 2.05) is 43.8 Å². The molecule has 0 saturated carbocycles. The number of nitrogens with zero attached hydrogens (tertiary/aromatic N) is 2. The van der Waals surface area contributed by atoms with Crippen LogP contribution < -0.4 is 10.1 Å². The second kappa shape index (κ2) is 6.29. The number of hydrogen-bond acceptors (Lipinski definition) is 4. The molecule has 2 aromatic rings. The van der Waals surface area contributed by atoms with Crippen molar-refractivity contribution in [3.8, 4) is 5.88 Å².